The van der Waals surface area contributed by atoms with Crippen LogP contribution in [0.25, 0.3) is 0 Å². The normalized spacial score (nSPS) is 16.6. The number of anilines is 1. The number of nitrogens with zero attached hydrogens (tertiary/aromatic N) is 2. The molecular weight excluding hydrogens is 386 g/mol. The topological polar surface area (TPSA) is 79.4 Å². The number of nitrogens with one attached hydrogen (secondary N) is 1. The van der Waals surface area contributed by atoms with Crippen molar-refractivity contribution in [2.45, 2.75) is 50.8 Å². The third kappa shape index (κ3) is 5.03. The molecule has 0 unspecified atom stereocenters. The summed E-state index contributed by atoms with van der Waals surface area (Å²) in [6, 6.07) is 10.7. The molecule has 2 heterocycles. The van der Waals surface area contributed by atoms with E-state index in [-0.39, 0.29) is 17.2 Å². The van der Waals surface area contributed by atoms with Crippen molar-refractivity contribution in [3.8, 4) is 0 Å². The van der Waals surface area contributed by atoms with Gasteiger partial charge in [-0.3, -0.25) is 9.78 Å². The summed E-state index contributed by atoms with van der Waals surface area (Å²) in [6.07, 6.45) is 2.68. The summed E-state index contributed by atoms with van der Waals surface area (Å²) >= 11 is 0. The minimum absolute atomic E-state index is 0.0264. The monoisotopic (exact) mass is 415 g/mol. The van der Waals surface area contributed by atoms with Gasteiger partial charge in [0, 0.05) is 36.6 Å². The summed E-state index contributed by atoms with van der Waals surface area (Å²) in [4.78, 5) is 17.0. The zero-order valence-corrected chi connectivity index (χ0v) is 18.3. The molecule has 1 aromatic heterocycles. The molecule has 2 aromatic rings. The lowest BCUT2D eigenvalue weighted by atomic mass is 9.87. The standard InChI is InChI=1S/C22H29N3O3S/c1-16-15-19(9-12-23-16)24-21(26)17-10-13-25(14-11-17)29(27,28)20-7-5-18(6-8-20)22(2,3)4/h5-9,12,15,17H,10-11,13-14H2,1-4H3,(H,23,24,26). The minimum atomic E-state index is -3.54. The molecule has 1 aromatic carbocycles. The van der Waals surface area contributed by atoms with E-state index in [2.05, 4.69) is 31.1 Å². The van der Waals surface area contributed by atoms with Gasteiger partial charge < -0.3 is 5.32 Å². The third-order valence-electron chi connectivity index (χ3n) is 5.35. The molecule has 1 aliphatic heterocycles. The van der Waals surface area contributed by atoms with E-state index in [0.29, 0.717) is 30.8 Å². The van der Waals surface area contributed by atoms with Crippen LogP contribution in [0.4, 0.5) is 5.69 Å². The molecule has 0 radical (unpaired) electrons. The van der Waals surface area contributed by atoms with Crippen molar-refractivity contribution in [1.82, 2.24) is 9.29 Å². The predicted molar refractivity (Wildman–Crippen MR) is 114 cm³/mol. The highest BCUT2D eigenvalue weighted by atomic mass is 32.2. The fraction of sp³-hybridized carbons (Fsp3) is 0.455. The Balaban J connectivity index is 1.62. The van der Waals surface area contributed by atoms with Crippen molar-refractivity contribution in [2.24, 2.45) is 5.92 Å². The van der Waals surface area contributed by atoms with Crippen LogP contribution in [0.15, 0.2) is 47.5 Å². The van der Waals surface area contributed by atoms with Crippen LogP contribution in [0, 0.1) is 12.8 Å². The van der Waals surface area contributed by atoms with Gasteiger partial charge in [0.2, 0.25) is 15.9 Å². The van der Waals surface area contributed by atoms with Gasteiger partial charge in [-0.2, -0.15) is 4.31 Å². The molecule has 1 amide bonds. The molecule has 0 spiro atoms. The van der Waals surface area contributed by atoms with E-state index in [1.807, 2.05) is 25.1 Å². The van der Waals surface area contributed by atoms with Crippen molar-refractivity contribution in [2.75, 3.05) is 18.4 Å². The van der Waals surface area contributed by atoms with Gasteiger partial charge >= 0.3 is 0 Å². The number of hydrogen-bond donors (Lipinski definition) is 1. The maximum atomic E-state index is 13.0. The molecule has 3 rings (SSSR count). The molecule has 29 heavy (non-hydrogen) atoms. The fourth-order valence-corrected chi connectivity index (χ4v) is 4.97. The number of rotatable bonds is 4. The number of carbonyl (C=O) groups is 1. The lowest BCUT2D eigenvalue weighted by Gasteiger charge is -2.30. The molecule has 0 bridgehead atoms. The van der Waals surface area contributed by atoms with Gasteiger partial charge in [-0.15, -0.1) is 0 Å². The third-order valence-corrected chi connectivity index (χ3v) is 7.26. The second-order valence-corrected chi connectivity index (χ2v) is 10.6. The maximum Gasteiger partial charge on any atom is 0.243 e. The van der Waals surface area contributed by atoms with Gasteiger partial charge in [0.25, 0.3) is 0 Å². The average molecular weight is 416 g/mol. The maximum absolute atomic E-state index is 13.0. The van der Waals surface area contributed by atoms with Gasteiger partial charge in [0.05, 0.1) is 4.90 Å². The zero-order valence-electron chi connectivity index (χ0n) is 17.5. The van der Waals surface area contributed by atoms with Crippen LogP contribution in [-0.4, -0.2) is 36.7 Å². The van der Waals surface area contributed by atoms with Crippen molar-refractivity contribution in [1.29, 1.82) is 0 Å². The van der Waals surface area contributed by atoms with Gasteiger partial charge in [-0.1, -0.05) is 32.9 Å². The van der Waals surface area contributed by atoms with Crippen molar-refractivity contribution in [3.63, 3.8) is 0 Å². The fourth-order valence-electron chi connectivity index (χ4n) is 3.50. The highest BCUT2D eigenvalue weighted by Gasteiger charge is 2.32. The predicted octanol–water partition coefficient (Wildman–Crippen LogP) is 3.73. The molecule has 0 atom stereocenters. The molecule has 156 valence electrons. The first kappa shape index (κ1) is 21.5. The summed E-state index contributed by atoms with van der Waals surface area (Å²) in [5.41, 5.74) is 2.62. The van der Waals surface area contributed by atoms with Gasteiger partial charge in [-0.05, 0) is 55.0 Å². The SMILES string of the molecule is Cc1cc(NC(=O)C2CCN(S(=O)(=O)c3ccc(C(C)(C)C)cc3)CC2)ccn1. The van der Waals surface area contributed by atoms with Crippen molar-refractivity contribution in [3.05, 3.63) is 53.9 Å². The van der Waals surface area contributed by atoms with Gasteiger partial charge in [-0.25, -0.2) is 8.42 Å². The van der Waals surface area contributed by atoms with Crippen molar-refractivity contribution >= 4 is 21.6 Å². The Kier molecular flexibility index (Phi) is 6.10. The first-order valence-electron chi connectivity index (χ1n) is 9.91. The van der Waals surface area contributed by atoms with E-state index >= 15 is 0 Å². The molecule has 0 saturated carbocycles. The molecule has 1 N–H and O–H groups in total. The van der Waals surface area contributed by atoms with Crippen LogP contribution in [0.3, 0.4) is 0 Å². The van der Waals surface area contributed by atoms with E-state index < -0.39 is 10.0 Å². The summed E-state index contributed by atoms with van der Waals surface area (Å²) in [6.45, 7) is 8.85. The second-order valence-electron chi connectivity index (χ2n) is 8.63. The Morgan fingerprint density at radius 1 is 1.10 bits per heavy atom. The number of hydrogen-bond acceptors (Lipinski definition) is 4. The first-order chi connectivity index (χ1) is 13.6. The lowest BCUT2D eigenvalue weighted by molar-refractivity contribution is -0.120. The van der Waals surface area contributed by atoms with Crippen LogP contribution in [0.1, 0.15) is 44.9 Å². The number of benzene rings is 1. The number of aryl methyl sites for hydroxylation is 1. The summed E-state index contributed by atoms with van der Waals surface area (Å²) in [5.74, 6) is -0.264. The molecule has 7 heteroatoms. The Bertz CT molecular complexity index is 971. The largest absolute Gasteiger partial charge is 0.326 e. The highest BCUT2D eigenvalue weighted by molar-refractivity contribution is 7.89. The van der Waals surface area contributed by atoms with Crippen LogP contribution in [0.5, 0.6) is 0 Å². The van der Waals surface area contributed by atoms with Crippen LogP contribution in [0.2, 0.25) is 0 Å². The molecular formula is C22H29N3O3S. The number of pyridine rings is 1. The van der Waals surface area contributed by atoms with E-state index in [1.54, 1.807) is 24.4 Å². The number of sulfonamides is 1. The number of piperidine rings is 1. The number of amides is 1. The second kappa shape index (κ2) is 8.24. The lowest BCUT2D eigenvalue weighted by Crippen LogP contribution is -2.41. The van der Waals surface area contributed by atoms with E-state index in [4.69, 9.17) is 0 Å². The Morgan fingerprint density at radius 3 is 2.28 bits per heavy atom. The van der Waals surface area contributed by atoms with E-state index in [0.717, 1.165) is 16.9 Å². The Labute approximate surface area is 173 Å². The molecule has 1 fully saturated rings. The molecule has 0 aliphatic carbocycles. The highest BCUT2D eigenvalue weighted by Crippen LogP contribution is 2.27. The van der Waals surface area contributed by atoms with Gasteiger partial charge in [0.15, 0.2) is 0 Å². The van der Waals surface area contributed by atoms with Crippen LogP contribution >= 0.6 is 0 Å². The van der Waals surface area contributed by atoms with Crippen molar-refractivity contribution < 1.29 is 13.2 Å². The number of aromatic nitrogens is 1. The zero-order chi connectivity index (χ0) is 21.2. The smallest absolute Gasteiger partial charge is 0.243 e. The molecule has 1 aliphatic rings. The molecule has 6 nitrogen and oxygen atoms in total. The van der Waals surface area contributed by atoms with Crippen LogP contribution in [-0.2, 0) is 20.2 Å². The van der Waals surface area contributed by atoms with E-state index in [1.165, 1.54) is 4.31 Å². The van der Waals surface area contributed by atoms with Gasteiger partial charge in [0.1, 0.15) is 0 Å². The first-order valence-corrected chi connectivity index (χ1v) is 11.4. The Hall–Kier alpha value is -2.25. The minimum Gasteiger partial charge on any atom is -0.326 e. The van der Waals surface area contributed by atoms with E-state index in [9.17, 15) is 13.2 Å². The summed E-state index contributed by atoms with van der Waals surface area (Å²) in [5, 5.41) is 2.91. The summed E-state index contributed by atoms with van der Waals surface area (Å²) in [7, 11) is -3.54. The van der Waals surface area contributed by atoms with Crippen LogP contribution < -0.4 is 5.32 Å². The average Bonchev–Trinajstić information content (AvgIpc) is 2.67. The molecule has 1 saturated heterocycles. The quantitative estimate of drug-likeness (QED) is 0.825. The number of carbonyl (C=O) groups excluding carboxylic acids is 1. The summed E-state index contributed by atoms with van der Waals surface area (Å²) < 4.78 is 27.4. The Morgan fingerprint density at radius 2 is 1.72 bits per heavy atom.